The standard InChI is InChI=1S/C29H30N2O5/c1-15(32)35-25-13-22-27-18(10-21-23(33)11-19(28(30)34)12-24(21)36-27)5-7-29(22,2)26(25)17-4-3-16-6-8-31-14-20(16)9-17/h3-4,6,8-10,14,19,22,25-27H,5,7,11-13H2,1-2H3,(H2,30,34)/t19?,22-,25?,26-,27+,29-/m0/s1. The number of ketones is 1. The number of nitrogens with zero attached hydrogens (tertiary/aromatic N) is 1. The first-order valence-corrected chi connectivity index (χ1v) is 12.7. The van der Waals surface area contributed by atoms with Crippen LogP contribution in [-0.2, 0) is 23.9 Å². The number of hydrogen-bond acceptors (Lipinski definition) is 6. The summed E-state index contributed by atoms with van der Waals surface area (Å²) >= 11 is 0. The summed E-state index contributed by atoms with van der Waals surface area (Å²) in [5, 5.41) is 2.18. The summed E-state index contributed by atoms with van der Waals surface area (Å²) in [6.45, 7) is 3.74. The van der Waals surface area contributed by atoms with E-state index in [0.29, 0.717) is 24.2 Å². The number of nitrogens with two attached hydrogens (primary N) is 1. The lowest BCUT2D eigenvalue weighted by Gasteiger charge is -2.48. The lowest BCUT2D eigenvalue weighted by molar-refractivity contribution is -0.147. The molecule has 2 saturated carbocycles. The number of carbonyl (C=O) groups is 3. The summed E-state index contributed by atoms with van der Waals surface area (Å²) in [6.07, 6.45) is 8.02. The van der Waals surface area contributed by atoms with Gasteiger partial charge in [-0.15, -0.1) is 0 Å². The Labute approximate surface area is 209 Å². The van der Waals surface area contributed by atoms with E-state index in [-0.39, 0.29) is 47.6 Å². The first-order chi connectivity index (χ1) is 17.2. The van der Waals surface area contributed by atoms with E-state index in [9.17, 15) is 14.4 Å². The van der Waals surface area contributed by atoms with Crippen LogP contribution in [0, 0.1) is 17.3 Å². The molecule has 2 aromatic rings. The maximum absolute atomic E-state index is 12.8. The predicted octanol–water partition coefficient (Wildman–Crippen LogP) is 4.11. The Morgan fingerprint density at radius 3 is 2.81 bits per heavy atom. The smallest absolute Gasteiger partial charge is 0.302 e. The van der Waals surface area contributed by atoms with Gasteiger partial charge in [0.05, 0.1) is 11.5 Å². The monoisotopic (exact) mass is 486 g/mol. The Morgan fingerprint density at radius 1 is 1.19 bits per heavy atom. The second-order valence-corrected chi connectivity index (χ2v) is 11.0. The summed E-state index contributed by atoms with van der Waals surface area (Å²) in [5.41, 5.74) is 8.20. The fraction of sp³-hybridized carbons (Fsp3) is 0.448. The lowest BCUT2D eigenvalue weighted by atomic mass is 9.61. The van der Waals surface area contributed by atoms with Gasteiger partial charge in [-0.05, 0) is 59.4 Å². The van der Waals surface area contributed by atoms with Crippen molar-refractivity contribution < 1.29 is 23.9 Å². The van der Waals surface area contributed by atoms with Crippen LogP contribution in [0.3, 0.4) is 0 Å². The maximum Gasteiger partial charge on any atom is 0.302 e. The van der Waals surface area contributed by atoms with E-state index in [1.165, 1.54) is 6.92 Å². The van der Waals surface area contributed by atoms with E-state index in [4.69, 9.17) is 15.2 Å². The van der Waals surface area contributed by atoms with Crippen LogP contribution in [0.4, 0.5) is 0 Å². The van der Waals surface area contributed by atoms with Gasteiger partial charge < -0.3 is 15.2 Å². The Bertz CT molecular complexity index is 1360. The van der Waals surface area contributed by atoms with Gasteiger partial charge in [-0.1, -0.05) is 19.1 Å². The average Bonchev–Trinajstić information content (AvgIpc) is 3.14. The first kappa shape index (κ1) is 23.0. The minimum atomic E-state index is -0.530. The Morgan fingerprint density at radius 2 is 2.03 bits per heavy atom. The van der Waals surface area contributed by atoms with Crippen LogP contribution in [-0.4, -0.2) is 34.9 Å². The van der Waals surface area contributed by atoms with Crippen molar-refractivity contribution in [3.05, 3.63) is 65.2 Å². The SMILES string of the molecule is CC(=O)OC1C[C@H]2[C@@H]3OC4=C(C=C3CC[C@]2(C)[C@H]1c1ccc2ccncc2c1)C(=O)CC(C(N)=O)C4. The molecule has 3 aliphatic carbocycles. The number of pyridine rings is 1. The zero-order chi connectivity index (χ0) is 25.2. The molecule has 2 heterocycles. The van der Waals surface area contributed by atoms with Gasteiger partial charge in [0.15, 0.2) is 5.78 Å². The molecule has 6 atom stereocenters. The Kier molecular flexibility index (Phi) is 5.28. The normalized spacial score (nSPS) is 33.2. The van der Waals surface area contributed by atoms with Crippen molar-refractivity contribution in [1.29, 1.82) is 0 Å². The van der Waals surface area contributed by atoms with E-state index in [1.54, 1.807) is 6.20 Å². The maximum atomic E-state index is 12.8. The third-order valence-electron chi connectivity index (χ3n) is 8.91. The fourth-order valence-corrected chi connectivity index (χ4v) is 7.18. The molecule has 0 saturated heterocycles. The summed E-state index contributed by atoms with van der Waals surface area (Å²) in [5.74, 6) is -0.691. The van der Waals surface area contributed by atoms with Crippen molar-refractivity contribution in [3.8, 4) is 0 Å². The second kappa shape index (κ2) is 8.29. The van der Waals surface area contributed by atoms with Gasteiger partial charge in [-0.3, -0.25) is 19.4 Å². The third kappa shape index (κ3) is 3.55. The van der Waals surface area contributed by atoms with Crippen molar-refractivity contribution in [3.63, 3.8) is 0 Å². The highest BCUT2D eigenvalue weighted by Crippen LogP contribution is 2.62. The average molecular weight is 487 g/mol. The van der Waals surface area contributed by atoms with Crippen molar-refractivity contribution >= 4 is 28.4 Å². The summed E-state index contributed by atoms with van der Waals surface area (Å²) in [7, 11) is 0. The van der Waals surface area contributed by atoms with Crippen molar-refractivity contribution in [2.75, 3.05) is 0 Å². The van der Waals surface area contributed by atoms with E-state index in [1.807, 2.05) is 18.3 Å². The third-order valence-corrected chi connectivity index (χ3v) is 8.91. The quantitative estimate of drug-likeness (QED) is 0.654. The van der Waals surface area contributed by atoms with Gasteiger partial charge >= 0.3 is 5.97 Å². The molecule has 1 amide bonds. The molecule has 0 bridgehead atoms. The number of rotatable bonds is 3. The number of allylic oxidation sites excluding steroid dienone is 3. The Hall–Kier alpha value is -3.48. The highest BCUT2D eigenvalue weighted by molar-refractivity contribution is 6.02. The summed E-state index contributed by atoms with van der Waals surface area (Å²) in [6, 6.07) is 8.41. The zero-order valence-electron chi connectivity index (χ0n) is 20.5. The van der Waals surface area contributed by atoms with E-state index in [0.717, 1.165) is 34.8 Å². The van der Waals surface area contributed by atoms with Crippen LogP contribution in [0.2, 0.25) is 0 Å². The highest BCUT2D eigenvalue weighted by Gasteiger charge is 2.60. The number of aromatic nitrogens is 1. The molecule has 6 rings (SSSR count). The van der Waals surface area contributed by atoms with Crippen molar-refractivity contribution in [2.45, 2.75) is 64.1 Å². The van der Waals surface area contributed by atoms with Crippen LogP contribution in [0.5, 0.6) is 0 Å². The molecule has 1 aromatic carbocycles. The molecule has 2 N–H and O–H groups in total. The van der Waals surface area contributed by atoms with Crippen LogP contribution in [0.25, 0.3) is 10.8 Å². The molecule has 186 valence electrons. The number of hydrogen-bond donors (Lipinski definition) is 1. The molecule has 36 heavy (non-hydrogen) atoms. The topological polar surface area (TPSA) is 109 Å². The molecule has 0 spiro atoms. The number of carbonyl (C=O) groups excluding carboxylic acids is 3. The molecule has 1 aliphatic heterocycles. The van der Waals surface area contributed by atoms with Crippen LogP contribution in [0.15, 0.2) is 59.6 Å². The van der Waals surface area contributed by atoms with Crippen LogP contribution in [0.1, 0.15) is 57.4 Å². The van der Waals surface area contributed by atoms with Gasteiger partial charge in [0, 0.05) is 49.4 Å². The minimum Gasteiger partial charge on any atom is -0.489 e. The Balaban J connectivity index is 1.38. The van der Waals surface area contributed by atoms with Gasteiger partial charge in [-0.2, -0.15) is 0 Å². The largest absolute Gasteiger partial charge is 0.489 e. The van der Waals surface area contributed by atoms with Crippen molar-refractivity contribution in [1.82, 2.24) is 4.98 Å². The van der Waals surface area contributed by atoms with Gasteiger partial charge in [0.1, 0.15) is 18.0 Å². The molecule has 1 aromatic heterocycles. The lowest BCUT2D eigenvalue weighted by Crippen LogP contribution is -2.44. The van der Waals surface area contributed by atoms with E-state index >= 15 is 0 Å². The summed E-state index contributed by atoms with van der Waals surface area (Å²) < 4.78 is 12.5. The molecule has 7 heteroatoms. The first-order valence-electron chi connectivity index (χ1n) is 12.7. The van der Waals surface area contributed by atoms with Gasteiger partial charge in [-0.25, -0.2) is 0 Å². The van der Waals surface area contributed by atoms with Crippen molar-refractivity contribution in [2.24, 2.45) is 23.0 Å². The number of Topliss-reactive ketones (excluding diaryl/α,β-unsaturated/α-hetero) is 1. The molecule has 2 unspecified atom stereocenters. The number of primary amides is 1. The minimum absolute atomic E-state index is 0.00267. The molecule has 7 nitrogen and oxygen atoms in total. The van der Waals surface area contributed by atoms with Crippen LogP contribution < -0.4 is 5.73 Å². The van der Waals surface area contributed by atoms with E-state index in [2.05, 4.69) is 30.1 Å². The summed E-state index contributed by atoms with van der Waals surface area (Å²) in [4.78, 5) is 41.1. The number of fused-ring (bicyclic) bond motifs is 4. The van der Waals surface area contributed by atoms with E-state index < -0.39 is 11.8 Å². The molecule has 4 aliphatic rings. The zero-order valence-corrected chi connectivity index (χ0v) is 20.5. The number of amides is 1. The fourth-order valence-electron chi connectivity index (χ4n) is 7.18. The highest BCUT2D eigenvalue weighted by atomic mass is 16.5. The molecular weight excluding hydrogens is 456 g/mol. The molecular formula is C29H30N2O5. The molecule has 2 fully saturated rings. The van der Waals surface area contributed by atoms with Gasteiger partial charge in [0.25, 0.3) is 0 Å². The number of esters is 1. The molecule has 0 radical (unpaired) electrons. The van der Waals surface area contributed by atoms with Gasteiger partial charge in [0.2, 0.25) is 5.91 Å². The number of benzene rings is 1. The van der Waals surface area contributed by atoms with Crippen LogP contribution >= 0.6 is 0 Å². The number of ether oxygens (including phenoxy) is 2. The predicted molar refractivity (Wildman–Crippen MR) is 132 cm³/mol. The second-order valence-electron chi connectivity index (χ2n) is 11.0.